The van der Waals surface area contributed by atoms with E-state index in [1.807, 2.05) is 19.9 Å². The van der Waals surface area contributed by atoms with Crippen molar-refractivity contribution in [1.29, 1.82) is 0 Å². The van der Waals surface area contributed by atoms with Crippen molar-refractivity contribution in [3.05, 3.63) is 72.8 Å². The highest BCUT2D eigenvalue weighted by Crippen LogP contribution is 2.35. The number of imidazole rings is 1. The van der Waals surface area contributed by atoms with Crippen molar-refractivity contribution in [3.63, 3.8) is 0 Å². The quantitative estimate of drug-likeness (QED) is 0.316. The molecule has 0 saturated carbocycles. The molecule has 1 aromatic carbocycles. The molecule has 8 nitrogen and oxygen atoms in total. The van der Waals surface area contributed by atoms with Gasteiger partial charge in [0.1, 0.15) is 22.7 Å². The van der Waals surface area contributed by atoms with E-state index < -0.39 is 5.82 Å². The smallest absolute Gasteiger partial charge is 0.161 e. The van der Waals surface area contributed by atoms with E-state index in [0.717, 1.165) is 5.69 Å². The molecule has 0 radical (unpaired) electrons. The number of nitrogens with one attached hydrogen (secondary N) is 2. The lowest BCUT2D eigenvalue weighted by molar-refractivity contribution is 0.628. The van der Waals surface area contributed by atoms with Crippen molar-refractivity contribution in [1.82, 2.24) is 34.7 Å². The van der Waals surface area contributed by atoms with Gasteiger partial charge in [-0.25, -0.2) is 13.8 Å². The maximum atomic E-state index is 16.1. The van der Waals surface area contributed by atoms with Crippen molar-refractivity contribution in [3.8, 4) is 34.0 Å². The summed E-state index contributed by atoms with van der Waals surface area (Å²) in [6.45, 7) is 4.03. The first-order valence-electron chi connectivity index (χ1n) is 11.7. The van der Waals surface area contributed by atoms with Gasteiger partial charge in [0, 0.05) is 42.8 Å². The van der Waals surface area contributed by atoms with Crippen LogP contribution in [-0.2, 0) is 7.05 Å². The standard InChI is InChI=1S/C27H22F2N8/c1-14(2)33-18-10-16(11-30-12-18)23-22(29)21-20(13-32-23)37(3)36-26(21)27-34-19-7-8-31-24(25(19)35-27)15-5-4-6-17(28)9-15/h4-14,33H,1-3H3,(H,34,35). The summed E-state index contributed by atoms with van der Waals surface area (Å²) in [4.78, 5) is 21.0. The minimum atomic E-state index is -0.520. The predicted molar refractivity (Wildman–Crippen MR) is 139 cm³/mol. The van der Waals surface area contributed by atoms with Gasteiger partial charge in [0.15, 0.2) is 11.6 Å². The van der Waals surface area contributed by atoms with E-state index in [4.69, 9.17) is 4.98 Å². The molecule has 0 saturated heterocycles. The minimum Gasteiger partial charge on any atom is -0.382 e. The van der Waals surface area contributed by atoms with Crippen molar-refractivity contribution < 1.29 is 8.78 Å². The largest absolute Gasteiger partial charge is 0.382 e. The number of hydrogen-bond donors (Lipinski definition) is 2. The molecule has 5 heterocycles. The van der Waals surface area contributed by atoms with Crippen LogP contribution in [0.5, 0.6) is 0 Å². The maximum absolute atomic E-state index is 16.1. The number of fused-ring (bicyclic) bond motifs is 2. The van der Waals surface area contributed by atoms with Gasteiger partial charge >= 0.3 is 0 Å². The Morgan fingerprint density at radius 1 is 0.946 bits per heavy atom. The first kappa shape index (κ1) is 22.7. The van der Waals surface area contributed by atoms with Crippen molar-refractivity contribution in [2.75, 3.05) is 5.32 Å². The Hall–Kier alpha value is -4.73. The molecule has 184 valence electrons. The second kappa shape index (κ2) is 8.74. The minimum absolute atomic E-state index is 0.167. The number of aromatic nitrogens is 7. The fourth-order valence-corrected chi connectivity index (χ4v) is 4.45. The average Bonchev–Trinajstić information content (AvgIpc) is 3.45. The van der Waals surface area contributed by atoms with Crippen molar-refractivity contribution in [2.24, 2.45) is 7.05 Å². The van der Waals surface area contributed by atoms with E-state index in [1.54, 1.807) is 54.7 Å². The van der Waals surface area contributed by atoms with Crippen LogP contribution >= 0.6 is 0 Å². The molecule has 0 fully saturated rings. The van der Waals surface area contributed by atoms with Crippen LogP contribution in [0.1, 0.15) is 13.8 Å². The monoisotopic (exact) mass is 496 g/mol. The van der Waals surface area contributed by atoms with Gasteiger partial charge in [-0.05, 0) is 38.1 Å². The predicted octanol–water partition coefficient (Wildman–Crippen LogP) is 5.73. The molecular weight excluding hydrogens is 474 g/mol. The van der Waals surface area contributed by atoms with Crippen molar-refractivity contribution in [2.45, 2.75) is 19.9 Å². The highest BCUT2D eigenvalue weighted by atomic mass is 19.1. The topological polar surface area (TPSA) is 97.2 Å². The van der Waals surface area contributed by atoms with Crippen LogP contribution in [0.4, 0.5) is 14.5 Å². The SMILES string of the molecule is CC(C)Nc1cncc(-c2ncc3c(c(-c4nc5c(-c6cccc(F)c6)nccc5[nH]4)nn3C)c2F)c1. The summed E-state index contributed by atoms with van der Waals surface area (Å²) < 4.78 is 31.5. The highest BCUT2D eigenvalue weighted by molar-refractivity contribution is 5.97. The lowest BCUT2D eigenvalue weighted by Crippen LogP contribution is -2.09. The third kappa shape index (κ3) is 3.96. The first-order valence-corrected chi connectivity index (χ1v) is 11.7. The molecule has 2 N–H and O–H groups in total. The second-order valence-corrected chi connectivity index (χ2v) is 9.07. The van der Waals surface area contributed by atoms with E-state index in [2.05, 4.69) is 30.4 Å². The molecule has 0 bridgehead atoms. The zero-order chi connectivity index (χ0) is 25.7. The molecule has 37 heavy (non-hydrogen) atoms. The van der Waals surface area contributed by atoms with E-state index in [0.29, 0.717) is 44.9 Å². The van der Waals surface area contributed by atoms with Gasteiger partial charge in [0.05, 0.1) is 34.0 Å². The van der Waals surface area contributed by atoms with Gasteiger partial charge in [-0.1, -0.05) is 12.1 Å². The van der Waals surface area contributed by atoms with Crippen LogP contribution in [0.15, 0.2) is 61.2 Å². The molecule has 10 heteroatoms. The molecule has 0 aliphatic rings. The summed E-state index contributed by atoms with van der Waals surface area (Å²) >= 11 is 0. The second-order valence-electron chi connectivity index (χ2n) is 9.07. The third-order valence-corrected chi connectivity index (χ3v) is 6.03. The van der Waals surface area contributed by atoms with Crippen LogP contribution in [0, 0.1) is 11.6 Å². The van der Waals surface area contributed by atoms with E-state index in [-0.39, 0.29) is 22.9 Å². The number of hydrogen-bond acceptors (Lipinski definition) is 6. The molecule has 0 atom stereocenters. The first-order chi connectivity index (χ1) is 17.9. The Morgan fingerprint density at radius 3 is 2.62 bits per heavy atom. The van der Waals surface area contributed by atoms with E-state index in [1.165, 1.54) is 12.1 Å². The van der Waals surface area contributed by atoms with Gasteiger partial charge < -0.3 is 10.3 Å². The van der Waals surface area contributed by atoms with Gasteiger partial charge in [-0.15, -0.1) is 0 Å². The van der Waals surface area contributed by atoms with Gasteiger partial charge in [0.2, 0.25) is 0 Å². The van der Waals surface area contributed by atoms with Crippen LogP contribution in [0.2, 0.25) is 0 Å². The summed E-state index contributed by atoms with van der Waals surface area (Å²) in [7, 11) is 1.73. The third-order valence-electron chi connectivity index (χ3n) is 6.03. The summed E-state index contributed by atoms with van der Waals surface area (Å²) in [5.74, 6) is -0.518. The summed E-state index contributed by atoms with van der Waals surface area (Å²) in [6.07, 6.45) is 6.48. The Balaban J connectivity index is 1.52. The fraction of sp³-hybridized carbons (Fsp3) is 0.148. The fourth-order valence-electron chi connectivity index (χ4n) is 4.45. The number of nitrogens with zero attached hydrogens (tertiary/aromatic N) is 6. The highest BCUT2D eigenvalue weighted by Gasteiger charge is 2.23. The van der Waals surface area contributed by atoms with Gasteiger partial charge in [0.25, 0.3) is 0 Å². The summed E-state index contributed by atoms with van der Waals surface area (Å²) in [5, 5.41) is 8.12. The molecule has 6 rings (SSSR count). The number of aromatic amines is 1. The maximum Gasteiger partial charge on any atom is 0.161 e. The Morgan fingerprint density at radius 2 is 1.81 bits per heavy atom. The number of H-pyrrole nitrogens is 1. The van der Waals surface area contributed by atoms with Crippen LogP contribution < -0.4 is 5.32 Å². The molecule has 0 aliphatic heterocycles. The van der Waals surface area contributed by atoms with E-state index in [9.17, 15) is 4.39 Å². The Bertz CT molecular complexity index is 1790. The van der Waals surface area contributed by atoms with Gasteiger partial charge in [-0.3, -0.25) is 19.6 Å². The lowest BCUT2D eigenvalue weighted by Gasteiger charge is -2.11. The number of halogens is 2. The number of pyridine rings is 3. The number of benzene rings is 1. The van der Waals surface area contributed by atoms with Crippen LogP contribution in [-0.4, -0.2) is 40.7 Å². The Labute approximate surface area is 210 Å². The van der Waals surface area contributed by atoms with Gasteiger partial charge in [-0.2, -0.15) is 5.10 Å². The number of anilines is 1. The molecule has 0 unspecified atom stereocenters. The normalized spacial score (nSPS) is 11.6. The van der Waals surface area contributed by atoms with Crippen molar-refractivity contribution >= 4 is 27.6 Å². The van der Waals surface area contributed by atoms with Crippen LogP contribution in [0.3, 0.4) is 0 Å². The molecule has 0 aliphatic carbocycles. The zero-order valence-electron chi connectivity index (χ0n) is 20.3. The molecular formula is C27H22F2N8. The summed E-state index contributed by atoms with van der Waals surface area (Å²) in [6, 6.07) is 9.94. The molecule has 5 aromatic heterocycles. The molecule has 0 amide bonds. The average molecular weight is 497 g/mol. The lowest BCUT2D eigenvalue weighted by atomic mass is 10.1. The van der Waals surface area contributed by atoms with Crippen LogP contribution in [0.25, 0.3) is 56.0 Å². The zero-order valence-corrected chi connectivity index (χ0v) is 20.3. The number of aryl methyl sites for hydroxylation is 1. The molecule has 0 spiro atoms. The Kier molecular flexibility index (Phi) is 5.36. The molecule has 6 aromatic rings. The van der Waals surface area contributed by atoms with E-state index >= 15 is 4.39 Å². The number of rotatable bonds is 5. The summed E-state index contributed by atoms with van der Waals surface area (Å²) in [5.41, 5.74) is 4.66.